The molecule has 1 aromatic carbocycles. The molecule has 3 nitrogen and oxygen atoms in total. The van der Waals surface area contributed by atoms with E-state index in [4.69, 9.17) is 0 Å². The van der Waals surface area contributed by atoms with Crippen LogP contribution < -0.4 is 5.32 Å². The Hall–Kier alpha value is -1.03. The summed E-state index contributed by atoms with van der Waals surface area (Å²) in [7, 11) is -3.09. The number of sulfone groups is 1. The summed E-state index contributed by atoms with van der Waals surface area (Å²) in [6.45, 7) is 0. The number of rotatable bonds is 3. The molecule has 4 heteroatoms. The van der Waals surface area contributed by atoms with E-state index in [9.17, 15) is 8.42 Å². The van der Waals surface area contributed by atoms with Crippen molar-refractivity contribution in [1.29, 1.82) is 0 Å². The fraction of sp³-hybridized carbons (Fsp3) is 0.571. The normalized spacial score (nSPS) is 18.3. The lowest BCUT2D eigenvalue weighted by molar-refractivity contribution is 0.602. The van der Waals surface area contributed by atoms with Gasteiger partial charge in [-0.3, -0.25) is 0 Å². The lowest BCUT2D eigenvalue weighted by Crippen LogP contribution is -2.18. The van der Waals surface area contributed by atoms with E-state index in [2.05, 4.69) is 5.32 Å². The Morgan fingerprint density at radius 3 is 2.06 bits per heavy atom. The van der Waals surface area contributed by atoms with Crippen molar-refractivity contribution in [3.63, 3.8) is 0 Å². The van der Waals surface area contributed by atoms with Crippen LogP contribution in [0.4, 0.5) is 5.69 Å². The monoisotopic (exact) mass is 267 g/mol. The van der Waals surface area contributed by atoms with Crippen molar-refractivity contribution in [2.75, 3.05) is 11.6 Å². The Bertz CT molecular complexity index is 471. The topological polar surface area (TPSA) is 46.2 Å². The molecule has 1 saturated carbocycles. The van der Waals surface area contributed by atoms with Crippen molar-refractivity contribution in [3.05, 3.63) is 24.3 Å². The Labute approximate surface area is 110 Å². The maximum Gasteiger partial charge on any atom is 0.175 e. The van der Waals surface area contributed by atoms with E-state index in [0.717, 1.165) is 5.69 Å². The molecular formula is C14H21NO2S. The fourth-order valence-corrected chi connectivity index (χ4v) is 3.09. The second-order valence-electron chi connectivity index (χ2n) is 5.13. The van der Waals surface area contributed by atoms with Crippen LogP contribution in [0, 0.1) is 0 Å². The maximum atomic E-state index is 11.4. The van der Waals surface area contributed by atoms with Crippen molar-refractivity contribution in [1.82, 2.24) is 0 Å². The third kappa shape index (κ3) is 3.73. The second-order valence-corrected chi connectivity index (χ2v) is 7.15. The van der Waals surface area contributed by atoms with Gasteiger partial charge in [-0.05, 0) is 37.1 Å². The molecule has 0 amide bonds. The summed E-state index contributed by atoms with van der Waals surface area (Å²) in [4.78, 5) is 0.383. The zero-order valence-electron chi connectivity index (χ0n) is 10.9. The van der Waals surface area contributed by atoms with Crippen molar-refractivity contribution >= 4 is 15.5 Å². The van der Waals surface area contributed by atoms with Crippen molar-refractivity contribution in [2.45, 2.75) is 49.5 Å². The third-order valence-corrected chi connectivity index (χ3v) is 4.64. The average Bonchev–Trinajstić information content (AvgIpc) is 2.57. The zero-order valence-corrected chi connectivity index (χ0v) is 11.7. The van der Waals surface area contributed by atoms with Crippen LogP contribution in [0.5, 0.6) is 0 Å². The molecule has 0 saturated heterocycles. The Morgan fingerprint density at radius 1 is 1.00 bits per heavy atom. The average molecular weight is 267 g/mol. The molecule has 0 aliphatic heterocycles. The van der Waals surface area contributed by atoms with Gasteiger partial charge >= 0.3 is 0 Å². The van der Waals surface area contributed by atoms with Gasteiger partial charge in [0.25, 0.3) is 0 Å². The molecule has 0 spiro atoms. The minimum atomic E-state index is -3.09. The van der Waals surface area contributed by atoms with Gasteiger partial charge in [0.15, 0.2) is 9.84 Å². The van der Waals surface area contributed by atoms with Crippen LogP contribution in [0.3, 0.4) is 0 Å². The van der Waals surface area contributed by atoms with E-state index in [0.29, 0.717) is 10.9 Å². The minimum Gasteiger partial charge on any atom is -0.382 e. The molecule has 1 N–H and O–H groups in total. The van der Waals surface area contributed by atoms with Gasteiger partial charge in [0, 0.05) is 18.0 Å². The molecule has 0 bridgehead atoms. The summed E-state index contributed by atoms with van der Waals surface area (Å²) in [6.07, 6.45) is 8.93. The molecule has 1 fully saturated rings. The van der Waals surface area contributed by atoms with Gasteiger partial charge in [0.1, 0.15) is 0 Å². The molecule has 1 aromatic rings. The summed E-state index contributed by atoms with van der Waals surface area (Å²) >= 11 is 0. The molecule has 0 unspecified atom stereocenters. The lowest BCUT2D eigenvalue weighted by Gasteiger charge is -2.17. The Kier molecular flexibility index (Phi) is 4.27. The van der Waals surface area contributed by atoms with E-state index in [1.165, 1.54) is 44.8 Å². The number of hydrogen-bond acceptors (Lipinski definition) is 3. The van der Waals surface area contributed by atoms with Gasteiger partial charge in [-0.15, -0.1) is 0 Å². The van der Waals surface area contributed by atoms with E-state index in [-0.39, 0.29) is 0 Å². The molecule has 2 rings (SSSR count). The van der Waals surface area contributed by atoms with E-state index in [1.807, 2.05) is 12.1 Å². The molecule has 1 aliphatic rings. The largest absolute Gasteiger partial charge is 0.382 e. The van der Waals surface area contributed by atoms with Crippen LogP contribution in [-0.2, 0) is 9.84 Å². The summed E-state index contributed by atoms with van der Waals surface area (Å²) in [5, 5.41) is 3.50. The van der Waals surface area contributed by atoms with Crippen LogP contribution in [0.1, 0.15) is 38.5 Å². The first-order valence-corrected chi connectivity index (χ1v) is 8.51. The van der Waals surface area contributed by atoms with Gasteiger partial charge in [-0.25, -0.2) is 8.42 Å². The first kappa shape index (κ1) is 13.4. The van der Waals surface area contributed by atoms with Gasteiger partial charge in [-0.2, -0.15) is 0 Å². The minimum absolute atomic E-state index is 0.383. The van der Waals surface area contributed by atoms with E-state index in [1.54, 1.807) is 12.1 Å². The predicted octanol–water partition coefficient (Wildman–Crippen LogP) is 3.22. The summed E-state index contributed by atoms with van der Waals surface area (Å²) in [6, 6.07) is 7.61. The van der Waals surface area contributed by atoms with E-state index < -0.39 is 9.84 Å². The highest BCUT2D eigenvalue weighted by atomic mass is 32.2. The number of nitrogens with one attached hydrogen (secondary N) is 1. The van der Waals surface area contributed by atoms with Crippen molar-refractivity contribution in [2.24, 2.45) is 0 Å². The van der Waals surface area contributed by atoms with Crippen LogP contribution in [0.25, 0.3) is 0 Å². The smallest absolute Gasteiger partial charge is 0.175 e. The Morgan fingerprint density at radius 2 is 1.56 bits per heavy atom. The predicted molar refractivity (Wildman–Crippen MR) is 74.7 cm³/mol. The SMILES string of the molecule is CS(=O)(=O)c1ccc(NC2CCCCCC2)cc1. The molecule has 100 valence electrons. The van der Waals surface area contributed by atoms with Gasteiger partial charge in [0.2, 0.25) is 0 Å². The van der Waals surface area contributed by atoms with Crippen LogP contribution in [-0.4, -0.2) is 20.7 Å². The number of anilines is 1. The summed E-state index contributed by atoms with van der Waals surface area (Å²) in [5.41, 5.74) is 1.02. The van der Waals surface area contributed by atoms with Crippen LogP contribution in [0.2, 0.25) is 0 Å². The van der Waals surface area contributed by atoms with Crippen molar-refractivity contribution < 1.29 is 8.42 Å². The first-order valence-electron chi connectivity index (χ1n) is 6.62. The van der Waals surface area contributed by atoms with Crippen LogP contribution >= 0.6 is 0 Å². The van der Waals surface area contributed by atoms with Gasteiger partial charge in [-0.1, -0.05) is 25.7 Å². The molecule has 0 heterocycles. The summed E-state index contributed by atoms with van der Waals surface area (Å²) in [5.74, 6) is 0. The molecule has 1 aliphatic carbocycles. The maximum absolute atomic E-state index is 11.4. The molecule has 0 radical (unpaired) electrons. The zero-order chi connectivity index (χ0) is 13.0. The highest BCUT2D eigenvalue weighted by Crippen LogP contribution is 2.22. The standard InChI is InChI=1S/C14H21NO2S/c1-18(16,17)14-10-8-13(9-11-14)15-12-6-4-2-3-5-7-12/h8-12,15H,2-7H2,1H3. The van der Waals surface area contributed by atoms with E-state index >= 15 is 0 Å². The highest BCUT2D eigenvalue weighted by molar-refractivity contribution is 7.90. The molecule has 18 heavy (non-hydrogen) atoms. The Balaban J connectivity index is 2.01. The quantitative estimate of drug-likeness (QED) is 0.855. The van der Waals surface area contributed by atoms with Crippen molar-refractivity contribution in [3.8, 4) is 0 Å². The molecule has 0 aromatic heterocycles. The lowest BCUT2D eigenvalue weighted by atomic mass is 10.1. The number of hydrogen-bond donors (Lipinski definition) is 1. The van der Waals surface area contributed by atoms with Gasteiger partial charge < -0.3 is 5.32 Å². The summed E-state index contributed by atoms with van der Waals surface area (Å²) < 4.78 is 22.7. The fourth-order valence-electron chi connectivity index (χ4n) is 2.46. The van der Waals surface area contributed by atoms with Crippen LogP contribution in [0.15, 0.2) is 29.2 Å². The highest BCUT2D eigenvalue weighted by Gasteiger charge is 2.12. The first-order chi connectivity index (χ1) is 8.55. The second kappa shape index (κ2) is 5.74. The molecule has 0 atom stereocenters. The van der Waals surface area contributed by atoms with Gasteiger partial charge in [0.05, 0.1) is 4.90 Å². The number of benzene rings is 1. The molecular weight excluding hydrogens is 246 g/mol. The third-order valence-electron chi connectivity index (χ3n) is 3.51.